The minimum atomic E-state index is -0.331. The van der Waals surface area contributed by atoms with Crippen LogP contribution in [-0.4, -0.2) is 32.5 Å². The lowest BCUT2D eigenvalue weighted by Crippen LogP contribution is -2.21. The van der Waals surface area contributed by atoms with Gasteiger partial charge in [0.15, 0.2) is 18.1 Å². The van der Waals surface area contributed by atoms with Crippen LogP contribution in [0.15, 0.2) is 36.4 Å². The van der Waals surface area contributed by atoms with Crippen molar-refractivity contribution in [3.05, 3.63) is 45.5 Å². The van der Waals surface area contributed by atoms with Gasteiger partial charge in [-0.3, -0.25) is 9.59 Å². The Kier molecular flexibility index (Phi) is 7.05. The first-order chi connectivity index (χ1) is 12.1. The second-order valence-corrected chi connectivity index (χ2v) is 6.08. The fourth-order valence-corrected chi connectivity index (χ4v) is 2.91. The quantitative estimate of drug-likeness (QED) is 0.487. The third-order valence-electron chi connectivity index (χ3n) is 3.20. The molecular weight excluding hydrogens is 437 g/mol. The van der Waals surface area contributed by atoms with Crippen LogP contribution in [0.4, 0.5) is 5.69 Å². The Morgan fingerprint density at radius 1 is 1.20 bits per heavy atom. The monoisotopic (exact) mass is 455 g/mol. The predicted octanol–water partition coefficient (Wildman–Crippen LogP) is 3.53. The van der Waals surface area contributed by atoms with Crippen LogP contribution < -0.4 is 19.5 Å². The summed E-state index contributed by atoms with van der Waals surface area (Å²) in [7, 11) is 1.53. The zero-order valence-electron chi connectivity index (χ0n) is 13.9. The lowest BCUT2D eigenvalue weighted by atomic mass is 10.2. The van der Waals surface area contributed by atoms with Gasteiger partial charge in [0.25, 0.3) is 5.91 Å². The molecule has 0 saturated carbocycles. The third-order valence-corrected chi connectivity index (χ3v) is 4.00. The first kappa shape index (κ1) is 19.0. The summed E-state index contributed by atoms with van der Waals surface area (Å²) >= 11 is 2.04. The van der Waals surface area contributed by atoms with Crippen molar-refractivity contribution in [2.75, 3.05) is 25.6 Å². The minimum absolute atomic E-state index is 0.200. The number of carbonyl (C=O) groups excluding carboxylic acids is 2. The first-order valence-corrected chi connectivity index (χ1v) is 8.64. The zero-order chi connectivity index (χ0) is 18.2. The molecule has 2 rings (SSSR count). The number of nitrogens with one attached hydrogen (secondary N) is 1. The maximum Gasteiger partial charge on any atom is 0.262 e. The lowest BCUT2D eigenvalue weighted by Gasteiger charge is -2.15. The molecule has 132 valence electrons. The number of anilines is 1. The summed E-state index contributed by atoms with van der Waals surface area (Å²) in [6, 6.07) is 10.4. The van der Waals surface area contributed by atoms with E-state index in [1.54, 1.807) is 30.3 Å². The molecule has 0 aliphatic heterocycles. The molecule has 6 nitrogen and oxygen atoms in total. The molecule has 2 aromatic rings. The van der Waals surface area contributed by atoms with E-state index in [2.05, 4.69) is 5.32 Å². The van der Waals surface area contributed by atoms with E-state index in [4.69, 9.17) is 14.2 Å². The predicted molar refractivity (Wildman–Crippen MR) is 103 cm³/mol. The zero-order valence-corrected chi connectivity index (χ0v) is 16.0. The highest BCUT2D eigenvalue weighted by Gasteiger charge is 2.14. The average Bonchev–Trinajstić information content (AvgIpc) is 2.61. The summed E-state index contributed by atoms with van der Waals surface area (Å²) in [5, 5.41) is 2.74. The van der Waals surface area contributed by atoms with Gasteiger partial charge >= 0.3 is 0 Å². The largest absolute Gasteiger partial charge is 0.495 e. The van der Waals surface area contributed by atoms with Gasteiger partial charge in [-0.1, -0.05) is 12.1 Å². The Labute approximate surface area is 159 Å². The van der Waals surface area contributed by atoms with Gasteiger partial charge in [0.2, 0.25) is 0 Å². The Morgan fingerprint density at radius 3 is 2.64 bits per heavy atom. The highest BCUT2D eigenvalue weighted by Crippen LogP contribution is 2.34. The Hall–Kier alpha value is -2.29. The van der Waals surface area contributed by atoms with Crippen molar-refractivity contribution in [3.63, 3.8) is 0 Å². The molecule has 0 unspecified atom stereocenters. The second-order valence-electron chi connectivity index (χ2n) is 4.92. The highest BCUT2D eigenvalue weighted by molar-refractivity contribution is 14.1. The van der Waals surface area contributed by atoms with Gasteiger partial charge in [-0.15, -0.1) is 0 Å². The molecule has 0 bridgehead atoms. The average molecular weight is 455 g/mol. The maximum atomic E-state index is 12.2. The van der Waals surface area contributed by atoms with Crippen molar-refractivity contribution in [3.8, 4) is 17.2 Å². The van der Waals surface area contributed by atoms with E-state index in [-0.39, 0.29) is 12.5 Å². The highest BCUT2D eigenvalue weighted by atomic mass is 127. The fourth-order valence-electron chi connectivity index (χ4n) is 2.13. The van der Waals surface area contributed by atoms with Crippen molar-refractivity contribution in [2.24, 2.45) is 0 Å². The topological polar surface area (TPSA) is 73.9 Å². The van der Waals surface area contributed by atoms with Gasteiger partial charge in [-0.25, -0.2) is 0 Å². The molecule has 1 amide bonds. The smallest absolute Gasteiger partial charge is 0.262 e. The molecule has 0 fully saturated rings. The molecule has 2 aromatic carbocycles. The van der Waals surface area contributed by atoms with Crippen molar-refractivity contribution in [1.29, 1.82) is 0 Å². The van der Waals surface area contributed by atoms with Crippen LogP contribution in [0.5, 0.6) is 17.2 Å². The number of amides is 1. The van der Waals surface area contributed by atoms with Crippen LogP contribution in [-0.2, 0) is 4.79 Å². The summed E-state index contributed by atoms with van der Waals surface area (Å²) in [5.41, 5.74) is 1.05. The molecular formula is C18H18INO5. The Morgan fingerprint density at radius 2 is 1.96 bits per heavy atom. The number of halogens is 1. The van der Waals surface area contributed by atoms with E-state index in [0.29, 0.717) is 38.7 Å². The number of rotatable bonds is 8. The van der Waals surface area contributed by atoms with Gasteiger partial charge < -0.3 is 19.5 Å². The number of benzene rings is 2. The fraction of sp³-hybridized carbons (Fsp3) is 0.222. The van der Waals surface area contributed by atoms with Gasteiger partial charge in [-0.2, -0.15) is 0 Å². The third kappa shape index (κ3) is 5.09. The molecule has 0 atom stereocenters. The number of hydrogen-bond donors (Lipinski definition) is 1. The molecule has 0 saturated heterocycles. The van der Waals surface area contributed by atoms with Crippen LogP contribution in [0, 0.1) is 3.57 Å². The van der Waals surface area contributed by atoms with Crippen molar-refractivity contribution in [2.45, 2.75) is 6.92 Å². The summed E-state index contributed by atoms with van der Waals surface area (Å²) in [5.74, 6) is 1.10. The van der Waals surface area contributed by atoms with Crippen molar-refractivity contribution in [1.82, 2.24) is 0 Å². The lowest BCUT2D eigenvalue weighted by molar-refractivity contribution is -0.118. The van der Waals surface area contributed by atoms with Gasteiger partial charge in [-0.05, 0) is 53.8 Å². The van der Waals surface area contributed by atoms with Crippen molar-refractivity contribution >= 4 is 40.5 Å². The van der Waals surface area contributed by atoms with E-state index in [1.165, 1.54) is 7.11 Å². The normalized spacial score (nSPS) is 10.0. The number of para-hydroxylation sites is 2. The number of ether oxygens (including phenoxy) is 3. The number of hydrogen-bond acceptors (Lipinski definition) is 5. The molecule has 0 aromatic heterocycles. The second kappa shape index (κ2) is 9.26. The molecule has 0 heterocycles. The van der Waals surface area contributed by atoms with Crippen LogP contribution in [0.25, 0.3) is 0 Å². The standard InChI is InChI=1S/C18H18INO5/c1-3-24-16-9-12(10-21)8-13(19)18(16)25-11-17(22)20-14-6-4-5-7-15(14)23-2/h4-10H,3,11H2,1-2H3,(H,20,22). The van der Waals surface area contributed by atoms with E-state index in [9.17, 15) is 9.59 Å². The van der Waals surface area contributed by atoms with Crippen LogP contribution in [0.1, 0.15) is 17.3 Å². The maximum absolute atomic E-state index is 12.2. The number of carbonyl (C=O) groups is 2. The molecule has 0 radical (unpaired) electrons. The SMILES string of the molecule is CCOc1cc(C=O)cc(I)c1OCC(=O)Nc1ccccc1OC. The number of aldehydes is 1. The van der Waals surface area contributed by atoms with E-state index in [1.807, 2.05) is 35.6 Å². The molecule has 7 heteroatoms. The van der Waals surface area contributed by atoms with Gasteiger partial charge in [0, 0.05) is 5.56 Å². The Bertz CT molecular complexity index is 763. The molecule has 0 aliphatic carbocycles. The molecule has 0 spiro atoms. The number of methoxy groups -OCH3 is 1. The van der Waals surface area contributed by atoms with Crippen molar-refractivity contribution < 1.29 is 23.8 Å². The van der Waals surface area contributed by atoms with E-state index >= 15 is 0 Å². The molecule has 0 aliphatic rings. The van der Waals surface area contributed by atoms with E-state index in [0.717, 1.165) is 6.29 Å². The summed E-state index contributed by atoms with van der Waals surface area (Å²) < 4.78 is 17.0. The summed E-state index contributed by atoms with van der Waals surface area (Å²) in [6.45, 7) is 2.05. The minimum Gasteiger partial charge on any atom is -0.495 e. The van der Waals surface area contributed by atoms with Crippen LogP contribution in [0.3, 0.4) is 0 Å². The van der Waals surface area contributed by atoms with E-state index < -0.39 is 0 Å². The molecule has 1 N–H and O–H groups in total. The molecule has 25 heavy (non-hydrogen) atoms. The van der Waals surface area contributed by atoms with Gasteiger partial charge in [0.05, 0.1) is 23.0 Å². The Balaban J connectivity index is 2.10. The first-order valence-electron chi connectivity index (χ1n) is 7.56. The summed E-state index contributed by atoms with van der Waals surface area (Å²) in [4.78, 5) is 23.1. The van der Waals surface area contributed by atoms with Crippen LogP contribution in [0.2, 0.25) is 0 Å². The summed E-state index contributed by atoms with van der Waals surface area (Å²) in [6.07, 6.45) is 0.739. The van der Waals surface area contributed by atoms with Gasteiger partial charge in [0.1, 0.15) is 12.0 Å². The van der Waals surface area contributed by atoms with Crippen LogP contribution >= 0.6 is 22.6 Å².